The molecular formula is C24H35N3O4. The first-order chi connectivity index (χ1) is 14.8. The van der Waals surface area contributed by atoms with Crippen LogP contribution in [0.1, 0.15) is 69.7 Å². The van der Waals surface area contributed by atoms with E-state index >= 15 is 0 Å². The van der Waals surface area contributed by atoms with Crippen molar-refractivity contribution in [3.05, 3.63) is 35.9 Å². The van der Waals surface area contributed by atoms with Gasteiger partial charge < -0.3 is 20.7 Å². The standard InChI is InChI=1S/C24H35N3O4/c1-16(2)21(15-28)27-22(29)17(3)25-24(31)20(14-18-10-6-4-7-11-18)26-23(30)19-12-8-5-9-13-19/h5,8-9,12-13,15-18,20-21H,4,6-7,10-11,14H2,1-3H3,(H,25,31)(H,26,30)(H,27,29)/t17-,20-,21+/m0/s1. The first-order valence-corrected chi connectivity index (χ1v) is 11.2. The summed E-state index contributed by atoms with van der Waals surface area (Å²) in [5.74, 6) is -0.803. The number of hydrogen-bond donors (Lipinski definition) is 3. The maximum Gasteiger partial charge on any atom is 0.251 e. The summed E-state index contributed by atoms with van der Waals surface area (Å²) in [4.78, 5) is 49.3. The van der Waals surface area contributed by atoms with Crippen molar-refractivity contribution in [2.45, 2.75) is 77.4 Å². The summed E-state index contributed by atoms with van der Waals surface area (Å²) in [6.07, 6.45) is 6.78. The van der Waals surface area contributed by atoms with Gasteiger partial charge in [0.25, 0.3) is 5.91 Å². The van der Waals surface area contributed by atoms with Crippen LogP contribution in [0, 0.1) is 11.8 Å². The second-order valence-electron chi connectivity index (χ2n) is 8.78. The minimum absolute atomic E-state index is 0.0476. The fraction of sp³-hybridized carbons (Fsp3) is 0.583. The Hall–Kier alpha value is -2.70. The van der Waals surface area contributed by atoms with E-state index in [4.69, 9.17) is 0 Å². The van der Waals surface area contributed by atoms with Gasteiger partial charge in [-0.3, -0.25) is 14.4 Å². The molecule has 1 fully saturated rings. The highest BCUT2D eigenvalue weighted by atomic mass is 16.2. The average Bonchev–Trinajstić information content (AvgIpc) is 2.77. The van der Waals surface area contributed by atoms with Crippen LogP contribution >= 0.6 is 0 Å². The predicted molar refractivity (Wildman–Crippen MR) is 119 cm³/mol. The molecule has 0 aromatic heterocycles. The number of benzene rings is 1. The van der Waals surface area contributed by atoms with Crippen LogP contribution in [0.5, 0.6) is 0 Å². The Balaban J connectivity index is 2.04. The lowest BCUT2D eigenvalue weighted by atomic mass is 9.84. The van der Waals surface area contributed by atoms with Gasteiger partial charge in [-0.2, -0.15) is 0 Å². The Labute approximate surface area is 184 Å². The highest BCUT2D eigenvalue weighted by Crippen LogP contribution is 2.27. The molecule has 1 aliphatic carbocycles. The van der Waals surface area contributed by atoms with Gasteiger partial charge in [0, 0.05) is 5.56 Å². The van der Waals surface area contributed by atoms with E-state index in [1.807, 2.05) is 19.9 Å². The molecule has 3 N–H and O–H groups in total. The number of nitrogens with one attached hydrogen (secondary N) is 3. The molecule has 170 valence electrons. The maximum atomic E-state index is 13.0. The number of amides is 3. The van der Waals surface area contributed by atoms with Gasteiger partial charge in [-0.25, -0.2) is 0 Å². The van der Waals surface area contributed by atoms with Gasteiger partial charge >= 0.3 is 0 Å². The molecule has 0 bridgehead atoms. The summed E-state index contributed by atoms with van der Waals surface area (Å²) in [5.41, 5.74) is 0.487. The summed E-state index contributed by atoms with van der Waals surface area (Å²) in [6.45, 7) is 5.25. The molecule has 1 aromatic carbocycles. The molecule has 1 aromatic rings. The van der Waals surface area contributed by atoms with Gasteiger partial charge in [0.2, 0.25) is 11.8 Å². The van der Waals surface area contributed by atoms with E-state index in [9.17, 15) is 19.2 Å². The third-order valence-corrected chi connectivity index (χ3v) is 5.88. The summed E-state index contributed by atoms with van der Waals surface area (Å²) in [7, 11) is 0. The van der Waals surface area contributed by atoms with Crippen molar-refractivity contribution in [1.29, 1.82) is 0 Å². The van der Waals surface area contributed by atoms with Crippen molar-refractivity contribution >= 4 is 24.0 Å². The molecule has 7 nitrogen and oxygen atoms in total. The lowest BCUT2D eigenvalue weighted by Gasteiger charge is -2.28. The lowest BCUT2D eigenvalue weighted by molar-refractivity contribution is -0.131. The zero-order valence-corrected chi connectivity index (χ0v) is 18.7. The van der Waals surface area contributed by atoms with Gasteiger partial charge in [-0.05, 0) is 37.3 Å². The number of carbonyl (C=O) groups is 4. The highest BCUT2D eigenvalue weighted by Gasteiger charge is 2.29. The fourth-order valence-electron chi connectivity index (χ4n) is 3.85. The third-order valence-electron chi connectivity index (χ3n) is 5.88. The molecule has 0 radical (unpaired) electrons. The maximum absolute atomic E-state index is 13.0. The molecule has 3 atom stereocenters. The van der Waals surface area contributed by atoms with Crippen LogP contribution in [0.25, 0.3) is 0 Å². The van der Waals surface area contributed by atoms with Crippen LogP contribution in [-0.2, 0) is 14.4 Å². The van der Waals surface area contributed by atoms with Crippen molar-refractivity contribution in [2.75, 3.05) is 0 Å². The van der Waals surface area contributed by atoms with Crippen molar-refractivity contribution in [3.63, 3.8) is 0 Å². The van der Waals surface area contributed by atoms with Crippen molar-refractivity contribution in [2.24, 2.45) is 11.8 Å². The largest absolute Gasteiger partial charge is 0.345 e. The topological polar surface area (TPSA) is 104 Å². The SMILES string of the molecule is CC(C)[C@@H](C=O)NC(=O)[C@H](C)NC(=O)[C@H](CC1CCCCC1)NC(=O)c1ccccc1. The van der Waals surface area contributed by atoms with E-state index in [0.29, 0.717) is 24.2 Å². The average molecular weight is 430 g/mol. The van der Waals surface area contributed by atoms with Gasteiger partial charge in [0.15, 0.2) is 0 Å². The quantitative estimate of drug-likeness (QED) is 0.497. The monoisotopic (exact) mass is 429 g/mol. The number of hydrogen-bond acceptors (Lipinski definition) is 4. The first-order valence-electron chi connectivity index (χ1n) is 11.2. The highest BCUT2D eigenvalue weighted by molar-refractivity contribution is 5.98. The predicted octanol–water partition coefficient (Wildman–Crippen LogP) is 2.60. The summed E-state index contributed by atoms with van der Waals surface area (Å²) in [5, 5.41) is 8.22. The van der Waals surface area contributed by atoms with E-state index in [2.05, 4.69) is 16.0 Å². The number of rotatable bonds is 10. The molecule has 3 amide bonds. The number of aldehydes is 1. The van der Waals surface area contributed by atoms with Crippen LogP contribution in [0.3, 0.4) is 0 Å². The molecule has 0 spiro atoms. The van der Waals surface area contributed by atoms with Crippen molar-refractivity contribution < 1.29 is 19.2 Å². The Morgan fingerprint density at radius 3 is 2.16 bits per heavy atom. The summed E-state index contributed by atoms with van der Waals surface area (Å²) in [6, 6.07) is 6.62. The second kappa shape index (κ2) is 12.2. The van der Waals surface area contributed by atoms with E-state index in [0.717, 1.165) is 25.7 Å². The van der Waals surface area contributed by atoms with Gasteiger partial charge in [-0.1, -0.05) is 64.2 Å². The van der Waals surface area contributed by atoms with E-state index in [-0.39, 0.29) is 17.7 Å². The molecular weight excluding hydrogens is 394 g/mol. The van der Waals surface area contributed by atoms with Crippen LogP contribution in [0.4, 0.5) is 0 Å². The summed E-state index contributed by atoms with van der Waals surface area (Å²) >= 11 is 0. The van der Waals surface area contributed by atoms with Crippen LogP contribution in [0.2, 0.25) is 0 Å². The molecule has 1 aliphatic rings. The van der Waals surface area contributed by atoms with E-state index < -0.39 is 24.0 Å². The third kappa shape index (κ3) is 7.81. The molecule has 31 heavy (non-hydrogen) atoms. The molecule has 2 rings (SSSR count). The smallest absolute Gasteiger partial charge is 0.251 e. The van der Waals surface area contributed by atoms with E-state index in [1.165, 1.54) is 6.42 Å². The van der Waals surface area contributed by atoms with Crippen LogP contribution in [-0.4, -0.2) is 42.1 Å². The molecule has 0 heterocycles. The van der Waals surface area contributed by atoms with Gasteiger partial charge in [-0.15, -0.1) is 0 Å². The Morgan fingerprint density at radius 1 is 0.935 bits per heavy atom. The molecule has 1 saturated carbocycles. The van der Waals surface area contributed by atoms with Gasteiger partial charge in [0.1, 0.15) is 18.4 Å². The first kappa shape index (κ1) is 24.6. The van der Waals surface area contributed by atoms with Crippen LogP contribution in [0.15, 0.2) is 30.3 Å². The molecule has 0 aliphatic heterocycles. The molecule has 0 unspecified atom stereocenters. The normalized spacial score (nSPS) is 17.3. The Morgan fingerprint density at radius 2 is 1.58 bits per heavy atom. The van der Waals surface area contributed by atoms with Crippen molar-refractivity contribution in [1.82, 2.24) is 16.0 Å². The minimum atomic E-state index is -0.823. The lowest BCUT2D eigenvalue weighted by Crippen LogP contribution is -2.55. The Kier molecular flexibility index (Phi) is 9.69. The van der Waals surface area contributed by atoms with Crippen LogP contribution < -0.4 is 16.0 Å². The molecule has 7 heteroatoms. The number of carbonyl (C=O) groups excluding carboxylic acids is 4. The second-order valence-corrected chi connectivity index (χ2v) is 8.78. The summed E-state index contributed by atoms with van der Waals surface area (Å²) < 4.78 is 0. The molecule has 0 saturated heterocycles. The fourth-order valence-corrected chi connectivity index (χ4v) is 3.85. The zero-order valence-electron chi connectivity index (χ0n) is 18.7. The van der Waals surface area contributed by atoms with Crippen molar-refractivity contribution in [3.8, 4) is 0 Å². The zero-order chi connectivity index (χ0) is 22.8. The Bertz CT molecular complexity index is 744. The van der Waals surface area contributed by atoms with E-state index in [1.54, 1.807) is 31.2 Å². The van der Waals surface area contributed by atoms with Gasteiger partial charge in [0.05, 0.1) is 6.04 Å². The minimum Gasteiger partial charge on any atom is -0.345 e.